The standard InChI is InChI=1S/C17H24ClN3O3/c1-24-15(12-19)11-17(23)21-8-6-20(7-9-21)16(22)10-13-2-4-14(18)5-3-13/h2-5,15H,6-12,19H2,1H3. The highest BCUT2D eigenvalue weighted by atomic mass is 35.5. The molecule has 7 heteroatoms. The Morgan fingerprint density at radius 2 is 1.67 bits per heavy atom. The first-order valence-electron chi connectivity index (χ1n) is 8.06. The van der Waals surface area contributed by atoms with Crippen LogP contribution in [-0.2, 0) is 20.7 Å². The molecule has 1 aliphatic heterocycles. The molecule has 24 heavy (non-hydrogen) atoms. The van der Waals surface area contributed by atoms with Crippen molar-refractivity contribution in [3.8, 4) is 0 Å². The highest BCUT2D eigenvalue weighted by Gasteiger charge is 2.25. The second-order valence-electron chi connectivity index (χ2n) is 5.86. The van der Waals surface area contributed by atoms with E-state index in [2.05, 4.69) is 0 Å². The molecule has 1 saturated heterocycles. The Morgan fingerprint density at radius 1 is 1.12 bits per heavy atom. The van der Waals surface area contributed by atoms with Gasteiger partial charge in [0.2, 0.25) is 11.8 Å². The van der Waals surface area contributed by atoms with Crippen molar-refractivity contribution in [1.82, 2.24) is 9.80 Å². The molecule has 2 N–H and O–H groups in total. The van der Waals surface area contributed by atoms with E-state index in [1.165, 1.54) is 0 Å². The fraction of sp³-hybridized carbons (Fsp3) is 0.529. The van der Waals surface area contributed by atoms with E-state index in [-0.39, 0.29) is 24.3 Å². The van der Waals surface area contributed by atoms with Crippen LogP contribution in [-0.4, -0.2) is 67.6 Å². The lowest BCUT2D eigenvalue weighted by atomic mass is 10.1. The topological polar surface area (TPSA) is 75.9 Å². The van der Waals surface area contributed by atoms with Crippen LogP contribution in [0.1, 0.15) is 12.0 Å². The van der Waals surface area contributed by atoms with E-state index in [0.29, 0.717) is 44.2 Å². The molecule has 132 valence electrons. The Hall–Kier alpha value is -1.63. The summed E-state index contributed by atoms with van der Waals surface area (Å²) in [6.07, 6.45) is 0.387. The molecule has 0 bridgehead atoms. The van der Waals surface area contributed by atoms with Crippen LogP contribution >= 0.6 is 11.6 Å². The van der Waals surface area contributed by atoms with Crippen LogP contribution in [0.5, 0.6) is 0 Å². The lowest BCUT2D eigenvalue weighted by Crippen LogP contribution is -2.51. The van der Waals surface area contributed by atoms with Gasteiger partial charge in [-0.15, -0.1) is 0 Å². The molecule has 0 radical (unpaired) electrons. The highest BCUT2D eigenvalue weighted by Crippen LogP contribution is 2.12. The number of carbonyl (C=O) groups excluding carboxylic acids is 2. The van der Waals surface area contributed by atoms with Gasteiger partial charge in [-0.3, -0.25) is 9.59 Å². The van der Waals surface area contributed by atoms with Gasteiger partial charge >= 0.3 is 0 Å². The number of nitrogens with zero attached hydrogens (tertiary/aromatic N) is 2. The third kappa shape index (κ3) is 5.19. The van der Waals surface area contributed by atoms with Crippen molar-refractivity contribution in [3.05, 3.63) is 34.9 Å². The summed E-state index contributed by atoms with van der Waals surface area (Å²) in [5.74, 6) is 0.0956. The number of benzene rings is 1. The quantitative estimate of drug-likeness (QED) is 0.825. The third-order valence-electron chi connectivity index (χ3n) is 4.25. The van der Waals surface area contributed by atoms with Crippen LogP contribution in [0.2, 0.25) is 5.02 Å². The number of hydrogen-bond donors (Lipinski definition) is 1. The second kappa shape index (κ2) is 9.01. The van der Waals surface area contributed by atoms with Gasteiger partial charge in [0.05, 0.1) is 18.9 Å². The number of piperazine rings is 1. The van der Waals surface area contributed by atoms with Gasteiger partial charge in [-0.1, -0.05) is 23.7 Å². The summed E-state index contributed by atoms with van der Waals surface area (Å²) in [5, 5.41) is 0.658. The molecular formula is C17H24ClN3O3. The minimum atomic E-state index is -0.248. The van der Waals surface area contributed by atoms with E-state index in [1.807, 2.05) is 12.1 Å². The van der Waals surface area contributed by atoms with Gasteiger partial charge in [-0.05, 0) is 17.7 Å². The molecule has 1 unspecified atom stereocenters. The summed E-state index contributed by atoms with van der Waals surface area (Å²) < 4.78 is 5.15. The average Bonchev–Trinajstić information content (AvgIpc) is 2.61. The van der Waals surface area contributed by atoms with Crippen LogP contribution in [0.25, 0.3) is 0 Å². The van der Waals surface area contributed by atoms with Gasteiger partial charge in [-0.2, -0.15) is 0 Å². The summed E-state index contributed by atoms with van der Waals surface area (Å²) >= 11 is 5.85. The number of rotatable bonds is 6. The maximum atomic E-state index is 12.4. The van der Waals surface area contributed by atoms with Crippen LogP contribution in [0.3, 0.4) is 0 Å². The molecule has 6 nitrogen and oxygen atoms in total. The molecule has 0 saturated carbocycles. The molecule has 1 fully saturated rings. The molecule has 1 aromatic rings. The Bertz CT molecular complexity index is 553. The van der Waals surface area contributed by atoms with Crippen LogP contribution in [0.15, 0.2) is 24.3 Å². The molecule has 2 amide bonds. The second-order valence-corrected chi connectivity index (χ2v) is 6.30. The number of carbonyl (C=O) groups is 2. The zero-order chi connectivity index (χ0) is 17.5. The van der Waals surface area contributed by atoms with Crippen molar-refractivity contribution in [1.29, 1.82) is 0 Å². The molecule has 1 aliphatic rings. The fourth-order valence-electron chi connectivity index (χ4n) is 2.68. The van der Waals surface area contributed by atoms with Gasteiger partial charge in [-0.25, -0.2) is 0 Å². The first-order valence-corrected chi connectivity index (χ1v) is 8.44. The minimum Gasteiger partial charge on any atom is -0.380 e. The predicted octanol–water partition coefficient (Wildman–Crippen LogP) is 0.917. The van der Waals surface area contributed by atoms with Crippen molar-refractivity contribution < 1.29 is 14.3 Å². The molecule has 1 heterocycles. The lowest BCUT2D eigenvalue weighted by molar-refractivity contribution is -0.140. The highest BCUT2D eigenvalue weighted by molar-refractivity contribution is 6.30. The third-order valence-corrected chi connectivity index (χ3v) is 4.50. The van der Waals surface area contributed by atoms with Crippen molar-refractivity contribution in [3.63, 3.8) is 0 Å². The monoisotopic (exact) mass is 353 g/mol. The van der Waals surface area contributed by atoms with Gasteiger partial charge in [0.1, 0.15) is 0 Å². The normalized spacial score (nSPS) is 16.1. The van der Waals surface area contributed by atoms with Crippen molar-refractivity contribution in [2.24, 2.45) is 5.73 Å². The van der Waals surface area contributed by atoms with E-state index in [0.717, 1.165) is 5.56 Å². The minimum absolute atomic E-state index is 0.0251. The van der Waals surface area contributed by atoms with Gasteiger partial charge in [0.25, 0.3) is 0 Å². The van der Waals surface area contributed by atoms with Crippen LogP contribution in [0, 0.1) is 0 Å². The van der Waals surface area contributed by atoms with Crippen LogP contribution in [0.4, 0.5) is 0 Å². The number of hydrogen-bond acceptors (Lipinski definition) is 4. The number of methoxy groups -OCH3 is 1. The Balaban J connectivity index is 1.80. The molecule has 0 aliphatic carbocycles. The molecule has 1 aromatic carbocycles. The summed E-state index contributed by atoms with van der Waals surface area (Å²) in [7, 11) is 1.55. The average molecular weight is 354 g/mol. The summed E-state index contributed by atoms with van der Waals surface area (Å²) in [6.45, 7) is 2.52. The predicted molar refractivity (Wildman–Crippen MR) is 92.8 cm³/mol. The Labute approximate surface area is 147 Å². The van der Waals surface area contributed by atoms with E-state index < -0.39 is 0 Å². The first kappa shape index (κ1) is 18.7. The number of ether oxygens (including phenoxy) is 1. The maximum absolute atomic E-state index is 12.4. The SMILES string of the molecule is COC(CN)CC(=O)N1CCN(C(=O)Cc2ccc(Cl)cc2)CC1. The zero-order valence-corrected chi connectivity index (χ0v) is 14.7. The van der Waals surface area contributed by atoms with E-state index in [9.17, 15) is 9.59 Å². The molecular weight excluding hydrogens is 330 g/mol. The summed E-state index contributed by atoms with van der Waals surface area (Å²) in [5.41, 5.74) is 6.49. The molecule has 0 spiro atoms. The lowest BCUT2D eigenvalue weighted by Gasteiger charge is -2.35. The van der Waals surface area contributed by atoms with Gasteiger partial charge in [0, 0.05) is 44.9 Å². The summed E-state index contributed by atoms with van der Waals surface area (Å²) in [6, 6.07) is 7.28. The number of halogens is 1. The molecule has 0 aromatic heterocycles. The smallest absolute Gasteiger partial charge is 0.227 e. The zero-order valence-electron chi connectivity index (χ0n) is 13.9. The molecule has 1 atom stereocenters. The molecule has 2 rings (SSSR count). The maximum Gasteiger partial charge on any atom is 0.227 e. The Kier molecular flexibility index (Phi) is 7.02. The van der Waals surface area contributed by atoms with Crippen molar-refractivity contribution in [2.45, 2.75) is 18.9 Å². The van der Waals surface area contributed by atoms with E-state index >= 15 is 0 Å². The van der Waals surface area contributed by atoms with Crippen LogP contribution < -0.4 is 5.73 Å². The number of amides is 2. The first-order chi connectivity index (χ1) is 11.5. The van der Waals surface area contributed by atoms with E-state index in [1.54, 1.807) is 29.0 Å². The van der Waals surface area contributed by atoms with Gasteiger partial charge in [0.15, 0.2) is 0 Å². The van der Waals surface area contributed by atoms with Crippen molar-refractivity contribution in [2.75, 3.05) is 39.8 Å². The number of nitrogens with two attached hydrogens (primary N) is 1. The van der Waals surface area contributed by atoms with Gasteiger partial charge < -0.3 is 20.3 Å². The Morgan fingerprint density at radius 3 is 2.17 bits per heavy atom. The fourth-order valence-corrected chi connectivity index (χ4v) is 2.81. The van der Waals surface area contributed by atoms with Crippen molar-refractivity contribution >= 4 is 23.4 Å². The van der Waals surface area contributed by atoms with E-state index in [4.69, 9.17) is 22.1 Å². The largest absolute Gasteiger partial charge is 0.380 e. The summed E-state index contributed by atoms with van der Waals surface area (Å²) in [4.78, 5) is 28.1.